The maximum atomic E-state index is 12.3. The van der Waals surface area contributed by atoms with Gasteiger partial charge >= 0.3 is 0 Å². The highest BCUT2D eigenvalue weighted by Crippen LogP contribution is 2.25. The number of hydrogen-bond donors (Lipinski definition) is 1. The first-order chi connectivity index (χ1) is 9.04. The third-order valence-corrected chi connectivity index (χ3v) is 6.53. The van der Waals surface area contributed by atoms with Crippen molar-refractivity contribution >= 4 is 21.4 Å². The lowest BCUT2D eigenvalue weighted by atomic mass is 10.0. The molecule has 1 atom stereocenters. The SMILES string of the molecule is CN(CC1CCCOC1)S(=O)(=O)c1cc(CO)cs1. The highest BCUT2D eigenvalue weighted by Gasteiger charge is 2.26. The van der Waals surface area contributed by atoms with Crippen LogP contribution < -0.4 is 0 Å². The molecule has 1 aromatic heterocycles. The third kappa shape index (κ3) is 3.55. The van der Waals surface area contributed by atoms with Gasteiger partial charge < -0.3 is 9.84 Å². The van der Waals surface area contributed by atoms with Crippen LogP contribution in [0.15, 0.2) is 15.7 Å². The fourth-order valence-corrected chi connectivity index (χ4v) is 4.79. The monoisotopic (exact) mass is 305 g/mol. The number of hydrogen-bond acceptors (Lipinski definition) is 5. The van der Waals surface area contributed by atoms with E-state index in [1.54, 1.807) is 12.4 Å². The Balaban J connectivity index is 2.05. The van der Waals surface area contributed by atoms with E-state index < -0.39 is 10.0 Å². The highest BCUT2D eigenvalue weighted by atomic mass is 32.2. The zero-order valence-corrected chi connectivity index (χ0v) is 12.5. The number of rotatable bonds is 5. The van der Waals surface area contributed by atoms with Crippen LogP contribution in [0, 0.1) is 5.92 Å². The van der Waals surface area contributed by atoms with Crippen molar-refractivity contribution in [2.75, 3.05) is 26.8 Å². The standard InChI is InChI=1S/C12H19NO4S2/c1-13(6-10-3-2-4-17-8-10)19(15,16)12-5-11(7-14)9-18-12/h5,9-10,14H,2-4,6-8H2,1H3. The van der Waals surface area contributed by atoms with Crippen LogP contribution in [0.3, 0.4) is 0 Å². The van der Waals surface area contributed by atoms with Crippen molar-refractivity contribution in [3.63, 3.8) is 0 Å². The molecule has 0 radical (unpaired) electrons. The van der Waals surface area contributed by atoms with Crippen LogP contribution in [0.5, 0.6) is 0 Å². The summed E-state index contributed by atoms with van der Waals surface area (Å²) in [6.45, 7) is 1.75. The molecule has 5 nitrogen and oxygen atoms in total. The predicted molar refractivity (Wildman–Crippen MR) is 73.6 cm³/mol. The number of aliphatic hydroxyl groups is 1. The smallest absolute Gasteiger partial charge is 0.252 e. The topological polar surface area (TPSA) is 66.8 Å². The van der Waals surface area contributed by atoms with Gasteiger partial charge in [-0.05, 0) is 35.8 Å². The molecule has 1 saturated heterocycles. The Bertz CT molecular complexity index is 506. The van der Waals surface area contributed by atoms with Crippen LogP contribution in [0.1, 0.15) is 18.4 Å². The van der Waals surface area contributed by atoms with E-state index in [2.05, 4.69) is 0 Å². The fourth-order valence-electron chi connectivity index (χ4n) is 2.14. The zero-order valence-electron chi connectivity index (χ0n) is 10.9. The number of ether oxygens (including phenoxy) is 1. The average Bonchev–Trinajstić information content (AvgIpc) is 2.89. The molecule has 0 spiro atoms. The van der Waals surface area contributed by atoms with E-state index in [0.717, 1.165) is 30.8 Å². The Labute approximate surface area is 117 Å². The molecule has 1 aliphatic heterocycles. The maximum Gasteiger partial charge on any atom is 0.252 e. The first-order valence-electron chi connectivity index (χ1n) is 6.26. The summed E-state index contributed by atoms with van der Waals surface area (Å²) < 4.78 is 31.7. The summed E-state index contributed by atoms with van der Waals surface area (Å²) in [6, 6.07) is 1.54. The van der Waals surface area contributed by atoms with Crippen LogP contribution in [-0.2, 0) is 21.4 Å². The summed E-state index contributed by atoms with van der Waals surface area (Å²) in [4.78, 5) is 0. The molecule has 1 unspecified atom stereocenters. The lowest BCUT2D eigenvalue weighted by Crippen LogP contribution is -2.34. The quantitative estimate of drug-likeness (QED) is 0.890. The summed E-state index contributed by atoms with van der Waals surface area (Å²) in [5.74, 6) is 0.269. The van der Waals surface area contributed by atoms with E-state index >= 15 is 0 Å². The number of nitrogens with zero attached hydrogens (tertiary/aromatic N) is 1. The number of thiophene rings is 1. The number of aliphatic hydroxyl groups excluding tert-OH is 1. The molecule has 0 aliphatic carbocycles. The van der Waals surface area contributed by atoms with Gasteiger partial charge in [-0.25, -0.2) is 8.42 Å². The van der Waals surface area contributed by atoms with E-state index in [1.807, 2.05) is 0 Å². The van der Waals surface area contributed by atoms with Crippen molar-refractivity contribution in [3.8, 4) is 0 Å². The lowest BCUT2D eigenvalue weighted by Gasteiger charge is -2.26. The molecule has 1 aliphatic rings. The summed E-state index contributed by atoms with van der Waals surface area (Å²) in [7, 11) is -1.84. The van der Waals surface area contributed by atoms with Gasteiger partial charge in [0.25, 0.3) is 10.0 Å². The van der Waals surface area contributed by atoms with Gasteiger partial charge in [-0.15, -0.1) is 11.3 Å². The Morgan fingerprint density at radius 1 is 1.58 bits per heavy atom. The second-order valence-corrected chi connectivity index (χ2v) is 7.98. The van der Waals surface area contributed by atoms with Crippen molar-refractivity contribution in [2.45, 2.75) is 23.7 Å². The van der Waals surface area contributed by atoms with Gasteiger partial charge in [-0.2, -0.15) is 4.31 Å². The Hall–Kier alpha value is -0.470. The molecular formula is C12H19NO4S2. The third-order valence-electron chi connectivity index (χ3n) is 3.25. The fraction of sp³-hybridized carbons (Fsp3) is 0.667. The van der Waals surface area contributed by atoms with Crippen molar-refractivity contribution in [1.29, 1.82) is 0 Å². The molecule has 2 rings (SSSR count). The Morgan fingerprint density at radius 3 is 2.95 bits per heavy atom. The van der Waals surface area contributed by atoms with E-state index in [0.29, 0.717) is 18.7 Å². The molecule has 19 heavy (non-hydrogen) atoms. The molecule has 0 bridgehead atoms. The second kappa shape index (κ2) is 6.32. The Kier molecular flexibility index (Phi) is 4.97. The van der Waals surface area contributed by atoms with E-state index in [1.165, 1.54) is 10.4 Å². The summed E-state index contributed by atoms with van der Waals surface area (Å²) in [6.07, 6.45) is 2.00. The molecule has 1 N–H and O–H groups in total. The van der Waals surface area contributed by atoms with Gasteiger partial charge in [0.15, 0.2) is 0 Å². The van der Waals surface area contributed by atoms with Gasteiger partial charge in [0, 0.05) is 20.2 Å². The van der Waals surface area contributed by atoms with Gasteiger partial charge in [-0.1, -0.05) is 0 Å². The molecular weight excluding hydrogens is 286 g/mol. The molecule has 7 heteroatoms. The van der Waals surface area contributed by atoms with Crippen LogP contribution in [0.2, 0.25) is 0 Å². The molecule has 0 amide bonds. The van der Waals surface area contributed by atoms with Crippen LogP contribution in [0.25, 0.3) is 0 Å². The minimum absolute atomic E-state index is 0.133. The molecule has 1 fully saturated rings. The van der Waals surface area contributed by atoms with E-state index in [-0.39, 0.29) is 16.7 Å². The second-order valence-electron chi connectivity index (χ2n) is 4.80. The van der Waals surface area contributed by atoms with Crippen LogP contribution >= 0.6 is 11.3 Å². The Morgan fingerprint density at radius 2 is 2.37 bits per heavy atom. The van der Waals surface area contributed by atoms with Crippen molar-refractivity contribution in [1.82, 2.24) is 4.31 Å². The van der Waals surface area contributed by atoms with E-state index in [9.17, 15) is 8.42 Å². The van der Waals surface area contributed by atoms with Crippen LogP contribution in [-0.4, -0.2) is 44.6 Å². The van der Waals surface area contributed by atoms with E-state index in [4.69, 9.17) is 9.84 Å². The van der Waals surface area contributed by atoms with Crippen molar-refractivity contribution < 1.29 is 18.3 Å². The molecule has 0 aromatic carbocycles. The summed E-state index contributed by atoms with van der Waals surface area (Å²) in [5, 5.41) is 10.7. The number of sulfonamides is 1. The molecule has 108 valence electrons. The van der Waals surface area contributed by atoms with Gasteiger partial charge in [0.05, 0.1) is 13.2 Å². The summed E-state index contributed by atoms with van der Waals surface area (Å²) in [5.41, 5.74) is 0.637. The van der Waals surface area contributed by atoms with Crippen LogP contribution in [0.4, 0.5) is 0 Å². The highest BCUT2D eigenvalue weighted by molar-refractivity contribution is 7.91. The minimum Gasteiger partial charge on any atom is -0.392 e. The normalized spacial score (nSPS) is 20.9. The molecule has 1 aromatic rings. The first-order valence-corrected chi connectivity index (χ1v) is 8.58. The van der Waals surface area contributed by atoms with Gasteiger partial charge in [0.1, 0.15) is 4.21 Å². The predicted octanol–water partition coefficient (Wildman–Crippen LogP) is 1.29. The van der Waals surface area contributed by atoms with Gasteiger partial charge in [0.2, 0.25) is 0 Å². The molecule has 2 heterocycles. The van der Waals surface area contributed by atoms with Gasteiger partial charge in [-0.3, -0.25) is 0 Å². The maximum absolute atomic E-state index is 12.3. The lowest BCUT2D eigenvalue weighted by molar-refractivity contribution is 0.0495. The van der Waals surface area contributed by atoms with Crippen molar-refractivity contribution in [3.05, 3.63) is 17.0 Å². The van der Waals surface area contributed by atoms with Crippen molar-refractivity contribution in [2.24, 2.45) is 5.92 Å². The minimum atomic E-state index is -3.44. The first kappa shape index (κ1) is 14.9. The average molecular weight is 305 g/mol. The zero-order chi connectivity index (χ0) is 13.9. The summed E-state index contributed by atoms with van der Waals surface area (Å²) >= 11 is 1.15. The largest absolute Gasteiger partial charge is 0.392 e. The molecule has 0 saturated carbocycles.